The van der Waals surface area contributed by atoms with Gasteiger partial charge in [0.25, 0.3) is 5.91 Å². The molecule has 2 aromatic heterocycles. The van der Waals surface area contributed by atoms with Crippen LogP contribution in [0.3, 0.4) is 0 Å². The zero-order valence-electron chi connectivity index (χ0n) is 14.0. The highest BCUT2D eigenvalue weighted by atomic mass is 16.3. The summed E-state index contributed by atoms with van der Waals surface area (Å²) in [6.07, 6.45) is 1.62. The third kappa shape index (κ3) is 2.46. The van der Waals surface area contributed by atoms with E-state index >= 15 is 0 Å². The highest BCUT2D eigenvalue weighted by Crippen LogP contribution is 2.24. The van der Waals surface area contributed by atoms with Gasteiger partial charge in [-0.1, -0.05) is 12.1 Å². The van der Waals surface area contributed by atoms with Gasteiger partial charge >= 0.3 is 0 Å². The number of aryl methyl sites for hydroxylation is 1. The lowest BCUT2D eigenvalue weighted by molar-refractivity contribution is 0.0741. The maximum Gasteiger partial charge on any atom is 0.270 e. The van der Waals surface area contributed by atoms with E-state index < -0.39 is 0 Å². The van der Waals surface area contributed by atoms with Crippen molar-refractivity contribution < 1.29 is 9.21 Å². The molecule has 0 bridgehead atoms. The first-order valence-electron chi connectivity index (χ1n) is 8.30. The van der Waals surface area contributed by atoms with Gasteiger partial charge in [-0.25, -0.2) is 0 Å². The fourth-order valence-corrected chi connectivity index (χ4v) is 3.36. The number of amides is 1. The zero-order chi connectivity index (χ0) is 16.7. The predicted molar refractivity (Wildman–Crippen MR) is 94.6 cm³/mol. The molecule has 1 aliphatic rings. The van der Waals surface area contributed by atoms with Crippen LogP contribution in [0.25, 0.3) is 11.1 Å². The molecule has 24 heavy (non-hydrogen) atoms. The Morgan fingerprint density at radius 2 is 1.92 bits per heavy atom. The Morgan fingerprint density at radius 3 is 2.67 bits per heavy atom. The highest BCUT2D eigenvalue weighted by Gasteiger charge is 2.24. The second-order valence-corrected chi connectivity index (χ2v) is 6.38. The van der Waals surface area contributed by atoms with E-state index in [-0.39, 0.29) is 5.91 Å². The minimum absolute atomic E-state index is 0.0435. The van der Waals surface area contributed by atoms with Crippen molar-refractivity contribution in [2.45, 2.75) is 13.8 Å². The lowest BCUT2D eigenvalue weighted by Crippen LogP contribution is -2.49. The first-order valence-corrected chi connectivity index (χ1v) is 8.30. The summed E-state index contributed by atoms with van der Waals surface area (Å²) in [6.45, 7) is 7.47. The van der Waals surface area contributed by atoms with Gasteiger partial charge in [-0.15, -0.1) is 0 Å². The average Bonchev–Trinajstić information content (AvgIpc) is 3.19. The minimum atomic E-state index is 0.0435. The standard InChI is InChI=1S/C19H21N3O2/c1-13-4-3-5-17(14(13)2)21-7-9-22(10-8-21)19(23)16-12-18-15(20-16)6-11-24-18/h3-6,11-12,20H,7-10H2,1-2H3. The average molecular weight is 323 g/mol. The summed E-state index contributed by atoms with van der Waals surface area (Å²) >= 11 is 0. The third-order valence-electron chi connectivity index (χ3n) is 4.95. The molecule has 0 spiro atoms. The van der Waals surface area contributed by atoms with Crippen molar-refractivity contribution in [2.24, 2.45) is 0 Å². The van der Waals surface area contributed by atoms with Gasteiger partial charge in [0.05, 0.1) is 11.8 Å². The van der Waals surface area contributed by atoms with E-state index in [1.54, 1.807) is 12.3 Å². The number of aromatic nitrogens is 1. The monoisotopic (exact) mass is 323 g/mol. The summed E-state index contributed by atoms with van der Waals surface area (Å²) in [5.41, 5.74) is 6.10. The molecule has 1 aliphatic heterocycles. The topological polar surface area (TPSA) is 52.5 Å². The van der Waals surface area contributed by atoms with E-state index in [0.29, 0.717) is 5.69 Å². The van der Waals surface area contributed by atoms with E-state index in [2.05, 4.69) is 41.9 Å². The molecular weight excluding hydrogens is 302 g/mol. The second kappa shape index (κ2) is 5.74. The number of H-pyrrole nitrogens is 1. The van der Waals surface area contributed by atoms with Crippen molar-refractivity contribution in [3.8, 4) is 0 Å². The van der Waals surface area contributed by atoms with Crippen LogP contribution in [0.5, 0.6) is 0 Å². The number of aromatic amines is 1. The van der Waals surface area contributed by atoms with Gasteiger partial charge in [0.1, 0.15) is 5.69 Å². The van der Waals surface area contributed by atoms with E-state index in [0.717, 1.165) is 37.3 Å². The minimum Gasteiger partial charge on any atom is -0.463 e. The van der Waals surface area contributed by atoms with E-state index in [9.17, 15) is 4.79 Å². The molecule has 0 saturated carbocycles. The molecule has 1 saturated heterocycles. The fourth-order valence-electron chi connectivity index (χ4n) is 3.36. The van der Waals surface area contributed by atoms with Gasteiger partial charge in [0, 0.05) is 44.0 Å². The van der Waals surface area contributed by atoms with Crippen molar-refractivity contribution in [3.63, 3.8) is 0 Å². The molecule has 0 aliphatic carbocycles. The summed E-state index contributed by atoms with van der Waals surface area (Å²) in [6, 6.07) is 10.0. The molecule has 4 rings (SSSR count). The number of hydrogen-bond donors (Lipinski definition) is 1. The Morgan fingerprint density at radius 1 is 1.12 bits per heavy atom. The van der Waals surface area contributed by atoms with Crippen LogP contribution in [0.15, 0.2) is 41.0 Å². The van der Waals surface area contributed by atoms with Crippen LogP contribution in [-0.4, -0.2) is 42.0 Å². The largest absolute Gasteiger partial charge is 0.463 e. The number of rotatable bonds is 2. The van der Waals surface area contributed by atoms with E-state index in [1.165, 1.54) is 16.8 Å². The second-order valence-electron chi connectivity index (χ2n) is 6.38. The van der Waals surface area contributed by atoms with Crippen molar-refractivity contribution in [1.29, 1.82) is 0 Å². The van der Waals surface area contributed by atoms with Crippen LogP contribution in [0.1, 0.15) is 21.6 Å². The molecular formula is C19H21N3O2. The molecule has 1 amide bonds. The molecule has 3 aromatic rings. The van der Waals surface area contributed by atoms with Crippen LogP contribution in [-0.2, 0) is 0 Å². The maximum absolute atomic E-state index is 12.7. The molecule has 3 heterocycles. The number of nitrogens with zero attached hydrogens (tertiary/aromatic N) is 2. The first kappa shape index (κ1) is 14.9. The number of hydrogen-bond acceptors (Lipinski definition) is 3. The number of piperazine rings is 1. The van der Waals surface area contributed by atoms with Crippen LogP contribution in [0.2, 0.25) is 0 Å². The van der Waals surface area contributed by atoms with Crippen LogP contribution in [0, 0.1) is 13.8 Å². The Labute approximate surface area is 140 Å². The Balaban J connectivity index is 1.46. The normalized spacial score (nSPS) is 15.2. The molecule has 0 unspecified atom stereocenters. The van der Waals surface area contributed by atoms with Gasteiger partial charge in [-0.3, -0.25) is 4.79 Å². The number of nitrogens with one attached hydrogen (secondary N) is 1. The number of fused-ring (bicyclic) bond motifs is 1. The fraction of sp³-hybridized carbons (Fsp3) is 0.316. The Hall–Kier alpha value is -2.69. The number of anilines is 1. The number of carbonyl (C=O) groups excluding carboxylic acids is 1. The molecule has 124 valence electrons. The molecule has 1 aromatic carbocycles. The van der Waals surface area contributed by atoms with Crippen LogP contribution < -0.4 is 4.90 Å². The van der Waals surface area contributed by atoms with Crippen molar-refractivity contribution in [1.82, 2.24) is 9.88 Å². The highest BCUT2D eigenvalue weighted by molar-refractivity contribution is 5.97. The SMILES string of the molecule is Cc1cccc(N2CCN(C(=O)c3cc4occc4[nH]3)CC2)c1C. The van der Waals surface area contributed by atoms with E-state index in [4.69, 9.17) is 4.42 Å². The summed E-state index contributed by atoms with van der Waals surface area (Å²) in [7, 11) is 0. The van der Waals surface area contributed by atoms with Crippen LogP contribution >= 0.6 is 0 Å². The maximum atomic E-state index is 12.7. The Bertz CT molecular complexity index is 857. The summed E-state index contributed by atoms with van der Waals surface area (Å²) in [4.78, 5) is 20.1. The van der Waals surface area contributed by atoms with Gasteiger partial charge in [-0.05, 0) is 31.0 Å². The Kier molecular flexibility index (Phi) is 3.56. The van der Waals surface area contributed by atoms with Crippen LogP contribution in [0.4, 0.5) is 5.69 Å². The molecule has 5 heteroatoms. The predicted octanol–water partition coefficient (Wildman–Crippen LogP) is 3.34. The molecule has 5 nitrogen and oxygen atoms in total. The van der Waals surface area contributed by atoms with Crippen molar-refractivity contribution in [3.05, 3.63) is 53.4 Å². The van der Waals surface area contributed by atoms with Gasteiger partial charge < -0.3 is 19.2 Å². The number of carbonyl (C=O) groups is 1. The lowest BCUT2D eigenvalue weighted by Gasteiger charge is -2.36. The number of furan rings is 1. The smallest absolute Gasteiger partial charge is 0.270 e. The molecule has 1 fully saturated rings. The van der Waals surface area contributed by atoms with Gasteiger partial charge in [0.15, 0.2) is 5.58 Å². The summed E-state index contributed by atoms with van der Waals surface area (Å²) < 4.78 is 5.33. The molecule has 1 N–H and O–H groups in total. The van der Waals surface area contributed by atoms with Crippen molar-refractivity contribution >= 4 is 22.7 Å². The number of benzene rings is 1. The molecule has 0 radical (unpaired) electrons. The third-order valence-corrected chi connectivity index (χ3v) is 4.95. The summed E-state index contributed by atoms with van der Waals surface area (Å²) in [5, 5.41) is 0. The van der Waals surface area contributed by atoms with E-state index in [1.807, 2.05) is 11.0 Å². The quantitative estimate of drug-likeness (QED) is 0.787. The lowest BCUT2D eigenvalue weighted by atomic mass is 10.1. The molecule has 0 atom stereocenters. The first-order chi connectivity index (χ1) is 11.6. The van der Waals surface area contributed by atoms with Gasteiger partial charge in [0.2, 0.25) is 0 Å². The van der Waals surface area contributed by atoms with Crippen molar-refractivity contribution in [2.75, 3.05) is 31.1 Å². The zero-order valence-corrected chi connectivity index (χ0v) is 14.0. The van der Waals surface area contributed by atoms with Gasteiger partial charge in [-0.2, -0.15) is 0 Å². The summed E-state index contributed by atoms with van der Waals surface area (Å²) in [5.74, 6) is 0.0435.